The van der Waals surface area contributed by atoms with Gasteiger partial charge in [-0.15, -0.1) is 4.91 Å². The molecule has 1 aliphatic rings. The number of rotatable bonds is 14. The number of hydrogen-bond acceptors (Lipinski definition) is 6. The molecule has 1 fully saturated rings. The number of benzene rings is 3. The molecule has 0 N–H and O–H groups in total. The fraction of sp³-hybridized carbons (Fsp3) is 0.438. The Morgan fingerprint density at radius 2 is 1.82 bits per heavy atom. The summed E-state index contributed by atoms with van der Waals surface area (Å²) in [6, 6.07) is 23.5. The van der Waals surface area contributed by atoms with Crippen LogP contribution in [0.4, 0.5) is 0 Å². The number of nitroso groups, excluding NO2 is 1. The average Bonchev–Trinajstić information content (AvgIpc) is 2.96. The van der Waals surface area contributed by atoms with Gasteiger partial charge in [-0.1, -0.05) is 79.5 Å². The second-order valence-corrected chi connectivity index (χ2v) is 10.3. The van der Waals surface area contributed by atoms with Crippen molar-refractivity contribution in [3.05, 3.63) is 105 Å². The Labute approximate surface area is 236 Å². The molecule has 4 atom stereocenters. The highest BCUT2D eigenvalue weighted by atomic mass is 35.5. The molecule has 1 heterocycles. The summed E-state index contributed by atoms with van der Waals surface area (Å²) in [5.41, 5.74) is 3.98. The van der Waals surface area contributed by atoms with Crippen molar-refractivity contribution in [2.45, 2.75) is 70.5 Å². The zero-order valence-corrected chi connectivity index (χ0v) is 23.5. The molecule has 0 aliphatic carbocycles. The van der Waals surface area contributed by atoms with Gasteiger partial charge in [-0.25, -0.2) is 0 Å². The molecule has 1 unspecified atom stereocenters. The molecule has 39 heavy (non-hydrogen) atoms. The monoisotopic (exact) mass is 551 g/mol. The smallest absolute Gasteiger partial charge is 0.215 e. The van der Waals surface area contributed by atoms with Crippen LogP contribution in [-0.4, -0.2) is 32.0 Å². The molecule has 0 spiro atoms. The molecule has 3 aromatic rings. The maximum absolute atomic E-state index is 11.5. The molecular formula is C32H38ClNO5. The van der Waals surface area contributed by atoms with Gasteiger partial charge in [-0.3, -0.25) is 0 Å². The predicted octanol–water partition coefficient (Wildman–Crippen LogP) is 8.22. The first-order valence-electron chi connectivity index (χ1n) is 13.9. The Hall–Kier alpha value is -2.77. The van der Waals surface area contributed by atoms with Crippen molar-refractivity contribution >= 4 is 11.6 Å². The number of nitrogens with zero attached hydrogens (tertiary/aromatic N) is 1. The van der Waals surface area contributed by atoms with Crippen molar-refractivity contribution < 1.29 is 18.9 Å². The Morgan fingerprint density at radius 3 is 2.54 bits per heavy atom. The number of halogens is 1. The van der Waals surface area contributed by atoms with Gasteiger partial charge in [0.1, 0.15) is 5.75 Å². The van der Waals surface area contributed by atoms with Crippen molar-refractivity contribution in [3.8, 4) is 5.75 Å². The normalized spacial score (nSPS) is 19.9. The minimum Gasteiger partial charge on any atom is -0.494 e. The third-order valence-electron chi connectivity index (χ3n) is 6.90. The lowest BCUT2D eigenvalue weighted by Crippen LogP contribution is -2.36. The molecule has 7 heteroatoms. The van der Waals surface area contributed by atoms with Crippen LogP contribution >= 0.6 is 11.6 Å². The van der Waals surface area contributed by atoms with Crippen LogP contribution in [0.5, 0.6) is 5.75 Å². The van der Waals surface area contributed by atoms with Crippen LogP contribution in [0.3, 0.4) is 0 Å². The number of ether oxygens (including phenoxy) is 4. The van der Waals surface area contributed by atoms with E-state index in [0.29, 0.717) is 26.1 Å². The summed E-state index contributed by atoms with van der Waals surface area (Å²) in [5, 5.41) is 3.92. The first kappa shape index (κ1) is 29.2. The topological polar surface area (TPSA) is 66.4 Å². The molecule has 0 radical (unpaired) electrons. The summed E-state index contributed by atoms with van der Waals surface area (Å²) in [6.07, 6.45) is 3.02. The van der Waals surface area contributed by atoms with Gasteiger partial charge < -0.3 is 18.9 Å². The van der Waals surface area contributed by atoms with Gasteiger partial charge in [-0.05, 0) is 59.8 Å². The molecule has 3 aromatic carbocycles. The van der Waals surface area contributed by atoms with E-state index < -0.39 is 6.23 Å². The van der Waals surface area contributed by atoms with E-state index in [-0.39, 0.29) is 24.9 Å². The Bertz CT molecular complexity index is 1160. The van der Waals surface area contributed by atoms with Crippen molar-refractivity contribution in [2.75, 3.05) is 19.8 Å². The lowest BCUT2D eigenvalue weighted by Gasteiger charge is -2.36. The number of unbranched alkanes of at least 4 members (excludes halogenated alkanes) is 1. The van der Waals surface area contributed by atoms with E-state index in [1.165, 1.54) is 0 Å². The quantitative estimate of drug-likeness (QED) is 0.149. The molecule has 6 nitrogen and oxygen atoms in total. The summed E-state index contributed by atoms with van der Waals surface area (Å²) >= 11 is 6.62. The molecular weight excluding hydrogens is 514 g/mol. The molecule has 1 saturated heterocycles. The fourth-order valence-corrected chi connectivity index (χ4v) is 5.03. The molecule has 208 valence electrons. The largest absolute Gasteiger partial charge is 0.494 e. The summed E-state index contributed by atoms with van der Waals surface area (Å²) in [4.78, 5) is 11.5. The minimum atomic E-state index is -0.870. The van der Waals surface area contributed by atoms with E-state index in [0.717, 1.165) is 52.3 Å². The maximum Gasteiger partial charge on any atom is 0.215 e. The Balaban J connectivity index is 1.47. The van der Waals surface area contributed by atoms with Crippen LogP contribution in [0.15, 0.2) is 78.0 Å². The van der Waals surface area contributed by atoms with E-state index in [9.17, 15) is 4.91 Å². The predicted molar refractivity (Wildman–Crippen MR) is 154 cm³/mol. The van der Waals surface area contributed by atoms with Crippen LogP contribution in [0.25, 0.3) is 0 Å². The summed E-state index contributed by atoms with van der Waals surface area (Å²) in [7, 11) is 0. The van der Waals surface area contributed by atoms with E-state index in [2.05, 4.69) is 30.3 Å². The van der Waals surface area contributed by atoms with E-state index in [1.807, 2.05) is 61.5 Å². The first-order chi connectivity index (χ1) is 19.1. The molecule has 4 rings (SSSR count). The van der Waals surface area contributed by atoms with Crippen LogP contribution in [-0.2, 0) is 20.6 Å². The van der Waals surface area contributed by atoms with Gasteiger partial charge >= 0.3 is 0 Å². The second kappa shape index (κ2) is 15.1. The highest BCUT2D eigenvalue weighted by Crippen LogP contribution is 2.36. The first-order valence-corrected chi connectivity index (χ1v) is 14.2. The standard InChI is InChI=1S/C32H38ClNO5/c1-3-5-17-37-28-20-29(22-38-32(34-35)24-9-7-6-8-10-24)39-31(21-28)25-13-16-30(33)26(19-25)18-23-11-14-27(15-12-23)36-4-2/h6-16,19,28-29,31-32H,3-5,17-18,20-22H2,1-2H3/t28-,29-,31+,32?/m0/s1. The van der Waals surface area contributed by atoms with Crippen molar-refractivity contribution in [3.63, 3.8) is 0 Å². The minimum absolute atomic E-state index is 0.0357. The van der Waals surface area contributed by atoms with Gasteiger partial charge in [0.25, 0.3) is 0 Å². The molecule has 0 amide bonds. The van der Waals surface area contributed by atoms with Crippen LogP contribution in [0, 0.1) is 4.91 Å². The van der Waals surface area contributed by atoms with E-state index in [1.54, 1.807) is 0 Å². The molecule has 0 aromatic heterocycles. The zero-order chi connectivity index (χ0) is 27.5. The SMILES string of the molecule is CCCCO[C@H]1C[C@@H](COC(N=O)c2ccccc2)O[C@@H](c2ccc(Cl)c(Cc3ccc(OCC)cc3)c2)C1. The second-order valence-electron chi connectivity index (χ2n) is 9.87. The highest BCUT2D eigenvalue weighted by molar-refractivity contribution is 6.31. The third-order valence-corrected chi connectivity index (χ3v) is 7.27. The summed E-state index contributed by atoms with van der Waals surface area (Å²) in [5.74, 6) is 0.860. The Kier molecular flexibility index (Phi) is 11.3. The lowest BCUT2D eigenvalue weighted by molar-refractivity contribution is -0.145. The van der Waals surface area contributed by atoms with Gasteiger partial charge in [0.2, 0.25) is 6.23 Å². The van der Waals surface area contributed by atoms with Crippen molar-refractivity contribution in [1.82, 2.24) is 0 Å². The van der Waals surface area contributed by atoms with Gasteiger partial charge in [0.05, 0.1) is 31.5 Å². The summed E-state index contributed by atoms with van der Waals surface area (Å²) in [6.45, 7) is 5.74. The van der Waals surface area contributed by atoms with Crippen LogP contribution in [0.2, 0.25) is 5.02 Å². The highest BCUT2D eigenvalue weighted by Gasteiger charge is 2.32. The van der Waals surface area contributed by atoms with Crippen molar-refractivity contribution in [2.24, 2.45) is 5.18 Å². The Morgan fingerprint density at radius 1 is 1.03 bits per heavy atom. The van der Waals surface area contributed by atoms with Gasteiger partial charge in [0, 0.05) is 30.0 Å². The van der Waals surface area contributed by atoms with E-state index >= 15 is 0 Å². The fourth-order valence-electron chi connectivity index (χ4n) is 4.85. The van der Waals surface area contributed by atoms with Gasteiger partial charge in [-0.2, -0.15) is 0 Å². The molecule has 1 aliphatic heterocycles. The van der Waals surface area contributed by atoms with Gasteiger partial charge in [0.15, 0.2) is 0 Å². The lowest BCUT2D eigenvalue weighted by atomic mass is 9.93. The number of hydrogen-bond donors (Lipinski definition) is 0. The molecule has 0 bridgehead atoms. The third kappa shape index (κ3) is 8.61. The zero-order valence-electron chi connectivity index (χ0n) is 22.8. The van der Waals surface area contributed by atoms with Crippen LogP contribution in [0.1, 0.15) is 74.1 Å². The maximum atomic E-state index is 11.5. The van der Waals surface area contributed by atoms with Crippen molar-refractivity contribution in [1.29, 1.82) is 0 Å². The average molecular weight is 552 g/mol. The summed E-state index contributed by atoms with van der Waals surface area (Å²) < 4.78 is 24.3. The molecule has 0 saturated carbocycles. The van der Waals surface area contributed by atoms with Crippen LogP contribution < -0.4 is 4.74 Å². The van der Waals surface area contributed by atoms with E-state index in [4.69, 9.17) is 30.5 Å².